The Labute approximate surface area is 126 Å². The van der Waals surface area contributed by atoms with Gasteiger partial charge in [0.15, 0.2) is 5.58 Å². The lowest BCUT2D eigenvalue weighted by Crippen LogP contribution is -2.36. The van der Waals surface area contributed by atoms with E-state index in [1.165, 1.54) is 0 Å². The van der Waals surface area contributed by atoms with Crippen LogP contribution in [-0.2, 0) is 4.79 Å². The van der Waals surface area contributed by atoms with Crippen LogP contribution >= 0.6 is 0 Å². The van der Waals surface area contributed by atoms with Gasteiger partial charge in [-0.25, -0.2) is 4.79 Å². The normalized spacial score (nSPS) is 15.9. The number of nitrogens with zero attached hydrogens (tertiary/aromatic N) is 2. The third kappa shape index (κ3) is 2.74. The first-order valence-corrected chi connectivity index (χ1v) is 7.22. The molecule has 0 radical (unpaired) electrons. The molecule has 0 unspecified atom stereocenters. The van der Waals surface area contributed by atoms with Gasteiger partial charge in [0, 0.05) is 38.7 Å². The summed E-state index contributed by atoms with van der Waals surface area (Å²) < 4.78 is 4.98. The van der Waals surface area contributed by atoms with Gasteiger partial charge in [-0.05, 0) is 24.6 Å². The van der Waals surface area contributed by atoms with Gasteiger partial charge in [0.1, 0.15) is 0 Å². The number of aromatic amines is 1. The smallest absolute Gasteiger partial charge is 0.408 e. The summed E-state index contributed by atoms with van der Waals surface area (Å²) in [4.78, 5) is 41.2. The van der Waals surface area contributed by atoms with Crippen molar-refractivity contribution in [3.05, 3.63) is 34.3 Å². The number of benzene rings is 1. The Kier molecular flexibility index (Phi) is 3.70. The molecule has 7 nitrogen and oxygen atoms in total. The minimum atomic E-state index is -0.536. The molecule has 0 aliphatic carbocycles. The standard InChI is InChI=1S/C15H17N3O4/c1-10(19)17-5-2-6-18(8-7-17)14(20)11-3-4-12-13(9-11)22-15(21)16-12/h3-4,9H,2,5-8H2,1H3,(H,16,21). The number of H-pyrrole nitrogens is 1. The zero-order chi connectivity index (χ0) is 15.7. The van der Waals surface area contributed by atoms with Crippen molar-refractivity contribution in [3.8, 4) is 0 Å². The van der Waals surface area contributed by atoms with E-state index in [0.717, 1.165) is 6.42 Å². The maximum absolute atomic E-state index is 12.6. The lowest BCUT2D eigenvalue weighted by atomic mass is 10.1. The molecule has 2 aromatic rings. The first kappa shape index (κ1) is 14.4. The molecule has 1 aromatic heterocycles. The van der Waals surface area contributed by atoms with E-state index >= 15 is 0 Å². The number of rotatable bonds is 1. The van der Waals surface area contributed by atoms with Crippen molar-refractivity contribution < 1.29 is 14.0 Å². The van der Waals surface area contributed by atoms with Gasteiger partial charge >= 0.3 is 5.76 Å². The van der Waals surface area contributed by atoms with Crippen LogP contribution in [0.5, 0.6) is 0 Å². The van der Waals surface area contributed by atoms with Crippen LogP contribution in [0.3, 0.4) is 0 Å². The second-order valence-corrected chi connectivity index (χ2v) is 5.38. The summed E-state index contributed by atoms with van der Waals surface area (Å²) in [7, 11) is 0. The molecule has 2 amide bonds. The highest BCUT2D eigenvalue weighted by Crippen LogP contribution is 2.15. The summed E-state index contributed by atoms with van der Waals surface area (Å²) in [5.74, 6) is -0.618. The highest BCUT2D eigenvalue weighted by atomic mass is 16.4. The summed E-state index contributed by atoms with van der Waals surface area (Å²) in [5.41, 5.74) is 1.42. The predicted molar refractivity (Wildman–Crippen MR) is 79.6 cm³/mol. The van der Waals surface area contributed by atoms with E-state index in [9.17, 15) is 14.4 Å². The fourth-order valence-electron chi connectivity index (χ4n) is 2.70. The highest BCUT2D eigenvalue weighted by molar-refractivity contribution is 5.97. The number of fused-ring (bicyclic) bond motifs is 1. The zero-order valence-corrected chi connectivity index (χ0v) is 12.3. The first-order chi connectivity index (χ1) is 10.5. The van der Waals surface area contributed by atoms with E-state index < -0.39 is 5.76 Å². The van der Waals surface area contributed by atoms with Gasteiger partial charge in [0.25, 0.3) is 5.91 Å². The molecule has 3 rings (SSSR count). The van der Waals surface area contributed by atoms with Gasteiger partial charge in [0.2, 0.25) is 5.91 Å². The molecule has 1 aliphatic rings. The van der Waals surface area contributed by atoms with E-state index in [0.29, 0.717) is 42.8 Å². The molecule has 2 heterocycles. The van der Waals surface area contributed by atoms with Gasteiger partial charge in [-0.15, -0.1) is 0 Å². The zero-order valence-electron chi connectivity index (χ0n) is 12.3. The molecular formula is C15H17N3O4. The summed E-state index contributed by atoms with van der Waals surface area (Å²) in [6.45, 7) is 3.87. The fraction of sp³-hybridized carbons (Fsp3) is 0.400. The predicted octanol–water partition coefficient (Wildman–Crippen LogP) is 0.816. The Balaban J connectivity index is 1.79. The van der Waals surface area contributed by atoms with Gasteiger partial charge in [-0.2, -0.15) is 0 Å². The van der Waals surface area contributed by atoms with Crippen molar-refractivity contribution in [1.82, 2.24) is 14.8 Å². The van der Waals surface area contributed by atoms with Crippen molar-refractivity contribution >= 4 is 22.9 Å². The third-order valence-electron chi connectivity index (χ3n) is 3.90. The van der Waals surface area contributed by atoms with Crippen LogP contribution < -0.4 is 5.76 Å². The van der Waals surface area contributed by atoms with Crippen molar-refractivity contribution in [3.63, 3.8) is 0 Å². The largest absolute Gasteiger partial charge is 0.417 e. The Morgan fingerprint density at radius 1 is 1.14 bits per heavy atom. The van der Waals surface area contributed by atoms with E-state index in [1.54, 1.807) is 34.9 Å². The molecule has 1 N–H and O–H groups in total. The summed E-state index contributed by atoms with van der Waals surface area (Å²) in [6.07, 6.45) is 0.757. The van der Waals surface area contributed by atoms with Gasteiger partial charge in [0.05, 0.1) is 5.52 Å². The minimum Gasteiger partial charge on any atom is -0.408 e. The van der Waals surface area contributed by atoms with Crippen molar-refractivity contribution in [2.45, 2.75) is 13.3 Å². The molecule has 116 valence electrons. The fourth-order valence-corrected chi connectivity index (χ4v) is 2.70. The second-order valence-electron chi connectivity index (χ2n) is 5.38. The minimum absolute atomic E-state index is 0.0322. The molecular weight excluding hydrogens is 286 g/mol. The average Bonchev–Trinajstić information content (AvgIpc) is 2.70. The molecule has 1 saturated heterocycles. The molecule has 1 aliphatic heterocycles. The number of hydrogen-bond acceptors (Lipinski definition) is 4. The first-order valence-electron chi connectivity index (χ1n) is 7.22. The average molecular weight is 303 g/mol. The molecule has 0 spiro atoms. The van der Waals surface area contributed by atoms with Crippen LogP contribution in [0.2, 0.25) is 0 Å². The van der Waals surface area contributed by atoms with E-state index in [4.69, 9.17) is 4.42 Å². The SMILES string of the molecule is CC(=O)N1CCCN(C(=O)c2ccc3[nH]c(=O)oc3c2)CC1. The number of nitrogens with one attached hydrogen (secondary N) is 1. The number of aromatic nitrogens is 1. The lowest BCUT2D eigenvalue weighted by Gasteiger charge is -2.21. The Morgan fingerprint density at radius 2 is 1.86 bits per heavy atom. The van der Waals surface area contributed by atoms with Gasteiger partial charge < -0.3 is 14.2 Å². The maximum atomic E-state index is 12.6. The maximum Gasteiger partial charge on any atom is 0.417 e. The topological polar surface area (TPSA) is 86.6 Å². The molecule has 0 atom stereocenters. The van der Waals surface area contributed by atoms with Crippen molar-refractivity contribution in [2.24, 2.45) is 0 Å². The molecule has 22 heavy (non-hydrogen) atoms. The van der Waals surface area contributed by atoms with Crippen molar-refractivity contribution in [1.29, 1.82) is 0 Å². The second kappa shape index (κ2) is 5.67. The number of carbonyl (C=O) groups is 2. The molecule has 0 saturated carbocycles. The number of hydrogen-bond donors (Lipinski definition) is 1. The van der Waals surface area contributed by atoms with Crippen LogP contribution in [0.15, 0.2) is 27.4 Å². The third-order valence-corrected chi connectivity index (χ3v) is 3.90. The number of carbonyl (C=O) groups excluding carboxylic acids is 2. The molecule has 7 heteroatoms. The summed E-state index contributed by atoms with van der Waals surface area (Å²) in [6, 6.07) is 4.90. The van der Waals surface area contributed by atoms with Gasteiger partial charge in [-0.1, -0.05) is 0 Å². The van der Waals surface area contributed by atoms with Crippen LogP contribution in [-0.4, -0.2) is 52.8 Å². The van der Waals surface area contributed by atoms with Crippen molar-refractivity contribution in [2.75, 3.05) is 26.2 Å². The van der Waals surface area contributed by atoms with E-state index in [2.05, 4.69) is 4.98 Å². The lowest BCUT2D eigenvalue weighted by molar-refractivity contribution is -0.128. The Bertz CT molecular complexity index is 776. The molecule has 1 aromatic carbocycles. The summed E-state index contributed by atoms with van der Waals surface area (Å²) in [5, 5.41) is 0. The van der Waals surface area contributed by atoms with Crippen LogP contribution in [0.1, 0.15) is 23.7 Å². The quantitative estimate of drug-likeness (QED) is 0.845. The van der Waals surface area contributed by atoms with Crippen LogP contribution in [0.25, 0.3) is 11.1 Å². The van der Waals surface area contributed by atoms with Gasteiger partial charge in [-0.3, -0.25) is 14.6 Å². The molecule has 0 bridgehead atoms. The number of amides is 2. The molecule has 1 fully saturated rings. The van der Waals surface area contributed by atoms with E-state index in [1.807, 2.05) is 0 Å². The Hall–Kier alpha value is -2.57. The number of oxazole rings is 1. The Morgan fingerprint density at radius 3 is 2.64 bits per heavy atom. The summed E-state index contributed by atoms with van der Waals surface area (Å²) >= 11 is 0. The highest BCUT2D eigenvalue weighted by Gasteiger charge is 2.21. The van der Waals surface area contributed by atoms with E-state index in [-0.39, 0.29) is 11.8 Å². The van der Waals surface area contributed by atoms with Crippen LogP contribution in [0, 0.1) is 0 Å². The van der Waals surface area contributed by atoms with Crippen LogP contribution in [0.4, 0.5) is 0 Å². The monoisotopic (exact) mass is 303 g/mol.